The zero-order valence-corrected chi connectivity index (χ0v) is 86.8. The fourth-order valence-electron chi connectivity index (χ4n) is 20.6. The van der Waals surface area contributed by atoms with Gasteiger partial charge in [-0.25, -0.2) is 35.1 Å². The second-order valence-corrected chi connectivity index (χ2v) is 62.3. The number of hydrogen-bond donors (Lipinski definition) is 0. The van der Waals surface area contributed by atoms with Gasteiger partial charge in [0.25, 0.3) is 0 Å². The smallest absolute Gasteiger partial charge is 0.150 e. The van der Waals surface area contributed by atoms with Crippen LogP contribution < -0.4 is 40.3 Å². The van der Waals surface area contributed by atoms with Crippen LogP contribution in [0.3, 0.4) is 0 Å². The van der Waals surface area contributed by atoms with Gasteiger partial charge in [0.2, 0.25) is 0 Å². The number of rotatable bonds is 20. The summed E-state index contributed by atoms with van der Waals surface area (Å²) in [4.78, 5) is 7.67. The summed E-state index contributed by atoms with van der Waals surface area (Å²) in [6.07, 6.45) is 0. The fraction of sp³-hybridized carbons (Fsp3) is 0.161. The van der Waals surface area contributed by atoms with E-state index in [4.69, 9.17) is 0 Å². The second kappa shape index (κ2) is 36.3. The normalized spacial score (nSPS) is 12.1. The van der Waals surface area contributed by atoms with Gasteiger partial charge in [0.1, 0.15) is 46.5 Å². The van der Waals surface area contributed by atoms with Gasteiger partial charge in [-0.2, -0.15) is 0 Å². The molecule has 140 heavy (non-hydrogen) atoms. The lowest BCUT2D eigenvalue weighted by Crippen LogP contribution is -2.37. The molecule has 0 radical (unpaired) electrons. The lowest BCUT2D eigenvalue weighted by molar-refractivity contribution is 0.585. The molecule has 0 bridgehead atoms. The molecule has 0 spiro atoms. The van der Waals surface area contributed by atoms with Crippen molar-refractivity contribution in [1.82, 2.24) is 0 Å². The highest BCUT2D eigenvalue weighted by atomic mass is 28.3. The first kappa shape index (κ1) is 94.9. The molecule has 700 valence electrons. The van der Waals surface area contributed by atoms with Crippen LogP contribution in [0.15, 0.2) is 315 Å². The topological polar surface area (TPSA) is 13.0 Å². The number of benzene rings is 20. The summed E-state index contributed by atoms with van der Waals surface area (Å²) in [5, 5.41) is 16.1. The Morgan fingerprint density at radius 3 is 0.621 bits per heavy atom. The maximum atomic E-state index is 16.9. The molecule has 0 unspecified atom stereocenters. The Hall–Kier alpha value is -14.0. The van der Waals surface area contributed by atoms with Gasteiger partial charge in [-0.3, -0.25) is 0 Å². The lowest BCUT2D eigenvalue weighted by atomic mass is 9.91. The summed E-state index contributed by atoms with van der Waals surface area (Å²) in [5.74, 6) is -5.28. The van der Waals surface area contributed by atoms with Crippen LogP contribution in [0.2, 0.25) is 78.6 Å². The third-order valence-electron chi connectivity index (χ3n) is 28.1. The van der Waals surface area contributed by atoms with E-state index >= 15 is 35.1 Å². The SMILES string of the molecule is Cc1ccc(C)c(-c2cc(N(c3ccc([Si](C)(C)C)cc3)c3ccc4ccc5c(N(c6ccc([Si](C)(C)C)cc6)c6cc(-c7cc(C)ccc7C)c(F)cc6F)ccc6ccc3c4c65)c(F)cc2F)c1.Cc1cccc(C)c1-c1cc(N(c2ccc([Si](C)(C)C)cc2)c2ccc3ccc4c(N(c5ccc([Si](C)(C)C)cc5)c5cc(-c6c(C)cccc6C)c(F)cc5F)ccc5ccc2c3c54)c(F)cc1F. The van der Waals surface area contributed by atoms with Crippen molar-refractivity contribution in [2.45, 2.75) is 134 Å². The van der Waals surface area contributed by atoms with Crippen molar-refractivity contribution < 1.29 is 35.1 Å². The standard InChI is InChI=1S/2C62H56F4N2Si2/c1-37-11-13-39(3)49(31-37)51-33-59(55(65)35-53(51)63)67(43-19-23-45(24-20-43)69(5,6)7)57-29-17-41-16-28-48-58(30-18-42-15-27-47(57)61(41)62(42)48)68(44-21-25-46(26-22-44)70(8,9)10)60-34-52(54(64)36-56(60)66)50-32-38(2)12-14-40(50)4;1-37-13-11-14-38(2)59(37)49-33-57(53(65)35-51(49)63)67(43-21-25-45(26-22-43)69(5,6)7)55-31-19-41-18-30-48-56(32-20-42-17-29-47(55)61(41)62(42)48)68(44-23-27-46(28-24-44)70(8,9)10)58-34-50(52(64)36-54(58)66)60-39(3)15-12-16-40(60)4/h2*11-36H,1-10H3. The molecule has 0 atom stereocenters. The van der Waals surface area contributed by atoms with Gasteiger partial charge in [-0.05, 0) is 251 Å². The quantitative estimate of drug-likeness (QED) is 0.0428. The van der Waals surface area contributed by atoms with Gasteiger partial charge in [0.15, 0.2) is 0 Å². The maximum Gasteiger partial charge on any atom is 0.150 e. The van der Waals surface area contributed by atoms with Gasteiger partial charge in [-0.15, -0.1) is 0 Å². The predicted molar refractivity (Wildman–Crippen MR) is 590 cm³/mol. The Morgan fingerprint density at radius 2 is 0.393 bits per heavy atom. The predicted octanol–water partition coefficient (Wildman–Crippen LogP) is 35.5. The van der Waals surface area contributed by atoms with Crippen molar-refractivity contribution in [2.75, 3.05) is 19.6 Å². The lowest BCUT2D eigenvalue weighted by Gasteiger charge is -2.31. The summed E-state index contributed by atoms with van der Waals surface area (Å²) >= 11 is 0. The molecule has 0 fully saturated rings. The molecule has 4 nitrogen and oxygen atoms in total. The molecule has 0 saturated carbocycles. The van der Waals surface area contributed by atoms with Crippen molar-refractivity contribution >= 4 is 186 Å². The Bertz CT molecular complexity index is 7770. The molecule has 20 aromatic carbocycles. The van der Waals surface area contributed by atoms with Crippen LogP contribution in [-0.4, -0.2) is 32.3 Å². The minimum absolute atomic E-state index is 0.216. The molecule has 0 aliphatic heterocycles. The highest BCUT2D eigenvalue weighted by Crippen LogP contribution is 2.54. The minimum atomic E-state index is -1.72. The van der Waals surface area contributed by atoms with E-state index in [0.29, 0.717) is 56.1 Å². The van der Waals surface area contributed by atoms with Gasteiger partial charge in [-0.1, -0.05) is 305 Å². The first-order valence-corrected chi connectivity index (χ1v) is 61.8. The third-order valence-corrected chi connectivity index (χ3v) is 36.4. The third kappa shape index (κ3) is 17.4. The van der Waals surface area contributed by atoms with Crippen molar-refractivity contribution in [1.29, 1.82) is 0 Å². The van der Waals surface area contributed by atoms with E-state index in [2.05, 4.69) is 200 Å². The fourth-order valence-corrected chi connectivity index (χ4v) is 25.2. The van der Waals surface area contributed by atoms with Crippen LogP contribution in [-0.2, 0) is 0 Å². The molecule has 0 aliphatic carbocycles. The van der Waals surface area contributed by atoms with E-state index in [1.807, 2.05) is 221 Å². The van der Waals surface area contributed by atoms with Crippen molar-refractivity contribution in [3.05, 3.63) is 406 Å². The summed E-state index contributed by atoms with van der Waals surface area (Å²) in [7, 11) is -6.86. The van der Waals surface area contributed by atoms with Crippen molar-refractivity contribution in [3.63, 3.8) is 0 Å². The number of aryl methyl sites for hydroxylation is 8. The average Bonchev–Trinajstić information content (AvgIpc) is 0.718. The number of anilines is 12. The molecule has 0 aromatic heterocycles. The van der Waals surface area contributed by atoms with Crippen molar-refractivity contribution in [3.8, 4) is 44.5 Å². The zero-order valence-electron chi connectivity index (χ0n) is 82.8. The summed E-state index contributed by atoms with van der Waals surface area (Å²) in [6, 6.07) is 100. The van der Waals surface area contributed by atoms with Crippen LogP contribution in [0.1, 0.15) is 44.5 Å². The molecule has 0 saturated heterocycles. The van der Waals surface area contributed by atoms with E-state index in [1.165, 1.54) is 20.7 Å². The molecule has 16 heteroatoms. The van der Waals surface area contributed by atoms with Crippen molar-refractivity contribution in [2.24, 2.45) is 0 Å². The first-order valence-electron chi connectivity index (χ1n) is 47.8. The largest absolute Gasteiger partial charge is 0.307 e. The van der Waals surface area contributed by atoms with Gasteiger partial charge in [0.05, 0.1) is 77.8 Å². The molecule has 20 rings (SSSR count). The first-order chi connectivity index (χ1) is 66.6. The zero-order chi connectivity index (χ0) is 99.1. The van der Waals surface area contributed by atoms with Crippen LogP contribution in [0.4, 0.5) is 103 Å². The minimum Gasteiger partial charge on any atom is -0.307 e. The number of nitrogens with zero attached hydrogens (tertiary/aromatic N) is 4. The van der Waals surface area contributed by atoms with E-state index in [1.54, 1.807) is 24.3 Å². The Labute approximate surface area is 819 Å². The van der Waals surface area contributed by atoms with E-state index in [-0.39, 0.29) is 22.7 Å². The molecule has 0 amide bonds. The van der Waals surface area contributed by atoms with E-state index in [9.17, 15) is 0 Å². The van der Waals surface area contributed by atoms with Gasteiger partial charge < -0.3 is 19.6 Å². The Kier molecular flexibility index (Phi) is 24.6. The van der Waals surface area contributed by atoms with Crippen LogP contribution in [0, 0.1) is 102 Å². The molecular formula is C124H112F8N4Si4. The summed E-state index contributed by atoms with van der Waals surface area (Å²) in [5.41, 5.74) is 18.1. The van der Waals surface area contributed by atoms with Crippen LogP contribution in [0.5, 0.6) is 0 Å². The average molecular weight is 1920 g/mol. The highest BCUT2D eigenvalue weighted by Gasteiger charge is 2.34. The Morgan fingerprint density at radius 1 is 0.179 bits per heavy atom. The van der Waals surface area contributed by atoms with Gasteiger partial charge >= 0.3 is 0 Å². The van der Waals surface area contributed by atoms with Crippen LogP contribution >= 0.6 is 0 Å². The molecule has 0 N–H and O–H groups in total. The molecule has 0 heterocycles. The Balaban J connectivity index is 0.000000178. The number of hydrogen-bond acceptors (Lipinski definition) is 4. The number of halogens is 8. The molecular weight excluding hydrogens is 1810 g/mol. The summed E-state index contributed by atoms with van der Waals surface area (Å²) in [6.45, 7) is 43.2. The second-order valence-electron chi connectivity index (χ2n) is 42.0. The van der Waals surface area contributed by atoms with E-state index in [0.717, 1.165) is 167 Å². The maximum absolute atomic E-state index is 16.9. The van der Waals surface area contributed by atoms with E-state index < -0.39 is 78.8 Å². The van der Waals surface area contributed by atoms with Gasteiger partial charge in [0, 0.05) is 90.8 Å². The highest BCUT2D eigenvalue weighted by molar-refractivity contribution is 6.90. The molecule has 0 aliphatic rings. The molecule has 20 aromatic rings. The van der Waals surface area contributed by atoms with Crippen LogP contribution in [0.25, 0.3) is 109 Å². The summed E-state index contributed by atoms with van der Waals surface area (Å²) < 4.78 is 132. The monoisotopic (exact) mass is 1920 g/mol.